The number of H-pyrrole nitrogens is 1. The monoisotopic (exact) mass is 277 g/mol. The molecule has 3 heterocycles. The molecule has 0 saturated carbocycles. The van der Waals surface area contributed by atoms with Crippen molar-refractivity contribution in [2.45, 2.75) is 44.6 Å². The molecule has 20 heavy (non-hydrogen) atoms. The van der Waals surface area contributed by atoms with Crippen LogP contribution in [0.25, 0.3) is 0 Å². The van der Waals surface area contributed by atoms with Gasteiger partial charge in [0.15, 0.2) is 0 Å². The lowest BCUT2D eigenvalue weighted by Gasteiger charge is -2.32. The van der Waals surface area contributed by atoms with Gasteiger partial charge in [-0.3, -0.25) is 9.89 Å². The highest BCUT2D eigenvalue weighted by molar-refractivity contribution is 5.92. The van der Waals surface area contributed by atoms with Crippen molar-refractivity contribution in [3.05, 3.63) is 12.2 Å². The van der Waals surface area contributed by atoms with E-state index in [1.165, 1.54) is 6.33 Å². The molecule has 2 aliphatic heterocycles. The predicted molar refractivity (Wildman–Crippen MR) is 72.2 cm³/mol. The summed E-state index contributed by atoms with van der Waals surface area (Å²) in [6.45, 7) is 3.51. The number of hydrogen-bond donors (Lipinski definition) is 1. The number of aromatic amines is 1. The molecule has 108 valence electrons. The van der Waals surface area contributed by atoms with E-state index in [2.05, 4.69) is 20.3 Å². The van der Waals surface area contributed by atoms with E-state index in [9.17, 15) is 4.79 Å². The average Bonchev–Trinajstić information content (AvgIpc) is 3.18. The van der Waals surface area contributed by atoms with Crippen LogP contribution in [-0.2, 0) is 9.63 Å². The maximum Gasteiger partial charge on any atom is 0.266 e. The van der Waals surface area contributed by atoms with Gasteiger partial charge in [0.2, 0.25) is 6.10 Å². The standard InChI is InChI=1S/C13H19N5O2/c1-2-10-7-11(20-17-10)13(19)18-5-3-9(4-6-18)12-14-8-15-16-12/h8-9,11H,2-7H2,1H3,(H,14,15,16). The highest BCUT2D eigenvalue weighted by atomic mass is 16.6. The third-order valence-corrected chi connectivity index (χ3v) is 4.04. The summed E-state index contributed by atoms with van der Waals surface area (Å²) in [4.78, 5) is 23.7. The van der Waals surface area contributed by atoms with Gasteiger partial charge in [0.1, 0.15) is 12.2 Å². The van der Waals surface area contributed by atoms with Crippen LogP contribution < -0.4 is 0 Å². The Kier molecular flexibility index (Phi) is 3.66. The highest BCUT2D eigenvalue weighted by Gasteiger charge is 2.33. The molecule has 1 aromatic heterocycles. The molecule has 1 N–H and O–H groups in total. The Morgan fingerprint density at radius 3 is 2.90 bits per heavy atom. The Balaban J connectivity index is 1.52. The summed E-state index contributed by atoms with van der Waals surface area (Å²) < 4.78 is 0. The number of hydrogen-bond acceptors (Lipinski definition) is 5. The van der Waals surface area contributed by atoms with Crippen molar-refractivity contribution in [2.75, 3.05) is 13.1 Å². The summed E-state index contributed by atoms with van der Waals surface area (Å²) in [5.74, 6) is 1.35. The number of aromatic nitrogens is 3. The van der Waals surface area contributed by atoms with Crippen LogP contribution in [0.5, 0.6) is 0 Å². The van der Waals surface area contributed by atoms with E-state index in [1.54, 1.807) is 0 Å². The van der Waals surface area contributed by atoms with E-state index in [0.717, 1.165) is 43.9 Å². The van der Waals surface area contributed by atoms with E-state index in [0.29, 0.717) is 12.3 Å². The van der Waals surface area contributed by atoms with Gasteiger partial charge in [-0.05, 0) is 19.3 Å². The zero-order chi connectivity index (χ0) is 13.9. The maximum atomic E-state index is 12.3. The van der Waals surface area contributed by atoms with Crippen LogP contribution in [0.15, 0.2) is 11.5 Å². The van der Waals surface area contributed by atoms with Crippen LogP contribution in [0.3, 0.4) is 0 Å². The van der Waals surface area contributed by atoms with Crippen molar-refractivity contribution in [3.63, 3.8) is 0 Å². The molecule has 2 aliphatic rings. The number of nitrogens with zero attached hydrogens (tertiary/aromatic N) is 4. The molecular weight excluding hydrogens is 258 g/mol. The number of likely N-dealkylation sites (tertiary alicyclic amines) is 1. The molecule has 1 fully saturated rings. The second kappa shape index (κ2) is 5.60. The number of rotatable bonds is 3. The Hall–Kier alpha value is -1.92. The first-order valence-electron chi connectivity index (χ1n) is 7.13. The van der Waals surface area contributed by atoms with Gasteiger partial charge < -0.3 is 9.74 Å². The number of carbonyl (C=O) groups is 1. The average molecular weight is 277 g/mol. The molecule has 7 nitrogen and oxygen atoms in total. The molecule has 0 bridgehead atoms. The van der Waals surface area contributed by atoms with Gasteiger partial charge in [-0.25, -0.2) is 4.98 Å². The summed E-state index contributed by atoms with van der Waals surface area (Å²) in [6.07, 6.45) is 4.42. The zero-order valence-electron chi connectivity index (χ0n) is 11.6. The van der Waals surface area contributed by atoms with Crippen LogP contribution in [0.2, 0.25) is 0 Å². The second-order valence-electron chi connectivity index (χ2n) is 5.28. The first-order valence-corrected chi connectivity index (χ1v) is 7.13. The molecule has 0 radical (unpaired) electrons. The lowest BCUT2D eigenvalue weighted by atomic mass is 9.95. The minimum absolute atomic E-state index is 0.0632. The fourth-order valence-corrected chi connectivity index (χ4v) is 2.76. The maximum absolute atomic E-state index is 12.3. The molecule has 0 aromatic carbocycles. The van der Waals surface area contributed by atoms with E-state index in [1.807, 2.05) is 11.8 Å². The van der Waals surface area contributed by atoms with Gasteiger partial charge in [-0.1, -0.05) is 12.1 Å². The van der Waals surface area contributed by atoms with E-state index >= 15 is 0 Å². The Labute approximate surface area is 117 Å². The van der Waals surface area contributed by atoms with Crippen molar-refractivity contribution in [1.82, 2.24) is 20.1 Å². The first kappa shape index (κ1) is 13.1. The molecule has 1 aromatic rings. The van der Waals surface area contributed by atoms with Crippen LogP contribution >= 0.6 is 0 Å². The number of nitrogens with one attached hydrogen (secondary N) is 1. The number of piperidine rings is 1. The minimum Gasteiger partial charge on any atom is -0.382 e. The second-order valence-corrected chi connectivity index (χ2v) is 5.28. The molecule has 1 amide bonds. The van der Waals surface area contributed by atoms with Crippen molar-refractivity contribution in [3.8, 4) is 0 Å². The van der Waals surface area contributed by atoms with Gasteiger partial charge in [0.25, 0.3) is 5.91 Å². The third-order valence-electron chi connectivity index (χ3n) is 4.04. The summed E-state index contributed by atoms with van der Waals surface area (Å²) in [5, 5.41) is 10.7. The summed E-state index contributed by atoms with van der Waals surface area (Å²) in [5.41, 5.74) is 0.972. The SMILES string of the molecule is CCC1=NOC(C(=O)N2CCC(c3ncn[nH]3)CC2)C1. The lowest BCUT2D eigenvalue weighted by Crippen LogP contribution is -2.43. The molecule has 1 atom stereocenters. The Morgan fingerprint density at radius 1 is 1.50 bits per heavy atom. The van der Waals surface area contributed by atoms with Crippen molar-refractivity contribution in [2.24, 2.45) is 5.16 Å². The molecular formula is C13H19N5O2. The van der Waals surface area contributed by atoms with Crippen molar-refractivity contribution < 1.29 is 9.63 Å². The van der Waals surface area contributed by atoms with Crippen LogP contribution in [-0.4, -0.2) is 50.9 Å². The van der Waals surface area contributed by atoms with Crippen molar-refractivity contribution in [1.29, 1.82) is 0 Å². The molecule has 1 unspecified atom stereocenters. The van der Waals surface area contributed by atoms with Gasteiger partial charge in [0, 0.05) is 25.4 Å². The summed E-state index contributed by atoms with van der Waals surface area (Å²) in [6, 6.07) is 0. The van der Waals surface area contributed by atoms with E-state index in [4.69, 9.17) is 4.84 Å². The van der Waals surface area contributed by atoms with Crippen LogP contribution in [0.4, 0.5) is 0 Å². The molecule has 3 rings (SSSR count). The van der Waals surface area contributed by atoms with E-state index in [-0.39, 0.29) is 5.91 Å². The smallest absolute Gasteiger partial charge is 0.266 e. The van der Waals surface area contributed by atoms with Crippen LogP contribution in [0.1, 0.15) is 44.3 Å². The fraction of sp³-hybridized carbons (Fsp3) is 0.692. The Bertz CT molecular complexity index is 491. The topological polar surface area (TPSA) is 83.5 Å². The van der Waals surface area contributed by atoms with Gasteiger partial charge in [0.05, 0.1) is 5.71 Å². The van der Waals surface area contributed by atoms with Gasteiger partial charge in [-0.15, -0.1) is 0 Å². The normalized spacial score (nSPS) is 23.6. The lowest BCUT2D eigenvalue weighted by molar-refractivity contribution is -0.143. The third kappa shape index (κ3) is 2.52. The minimum atomic E-state index is -0.410. The summed E-state index contributed by atoms with van der Waals surface area (Å²) in [7, 11) is 0. The predicted octanol–water partition coefficient (Wildman–Crippen LogP) is 1.07. The molecule has 1 saturated heterocycles. The Morgan fingerprint density at radius 2 is 2.30 bits per heavy atom. The zero-order valence-corrected chi connectivity index (χ0v) is 11.6. The number of amides is 1. The molecule has 7 heteroatoms. The highest BCUT2D eigenvalue weighted by Crippen LogP contribution is 2.26. The quantitative estimate of drug-likeness (QED) is 0.895. The number of carbonyl (C=O) groups excluding carboxylic acids is 1. The fourth-order valence-electron chi connectivity index (χ4n) is 2.76. The summed E-state index contributed by atoms with van der Waals surface area (Å²) >= 11 is 0. The first-order chi connectivity index (χ1) is 9.78. The number of oxime groups is 1. The molecule has 0 aliphatic carbocycles. The van der Waals surface area contributed by atoms with Gasteiger partial charge in [-0.2, -0.15) is 5.10 Å². The van der Waals surface area contributed by atoms with Gasteiger partial charge >= 0.3 is 0 Å². The van der Waals surface area contributed by atoms with Crippen LogP contribution in [0, 0.1) is 0 Å². The van der Waals surface area contributed by atoms with E-state index < -0.39 is 6.10 Å². The largest absolute Gasteiger partial charge is 0.382 e. The molecule has 0 spiro atoms. The van der Waals surface area contributed by atoms with Crippen molar-refractivity contribution >= 4 is 11.6 Å².